The minimum Gasteiger partial charge on any atom is -0.284 e. The van der Waals surface area contributed by atoms with Gasteiger partial charge in [0.15, 0.2) is 0 Å². The van der Waals surface area contributed by atoms with Gasteiger partial charge >= 0.3 is 0 Å². The van der Waals surface area contributed by atoms with Gasteiger partial charge < -0.3 is 0 Å². The first kappa shape index (κ1) is 24.6. The Morgan fingerprint density at radius 1 is 1.00 bits per heavy atom. The number of benzene rings is 2. The smallest absolute Gasteiger partial charge is 0.282 e. The molecule has 1 saturated heterocycles. The molecule has 1 aliphatic carbocycles. The summed E-state index contributed by atoms with van der Waals surface area (Å²) in [7, 11) is 0. The lowest BCUT2D eigenvalue weighted by atomic mass is 9.91. The maximum atomic E-state index is 13.3. The van der Waals surface area contributed by atoms with Crippen molar-refractivity contribution in [3.05, 3.63) is 63.1 Å². The second-order valence-electron chi connectivity index (χ2n) is 9.01. The molecule has 2 aliphatic heterocycles. The molecule has 0 spiro atoms. The third-order valence-corrected chi connectivity index (χ3v) is 7.76. The molecule has 176 valence electrons. The fourth-order valence-electron chi connectivity index (χ4n) is 5.37. The monoisotopic (exact) mass is 526 g/mol. The van der Waals surface area contributed by atoms with Crippen LogP contribution in [0.4, 0.5) is 5.69 Å². The van der Waals surface area contributed by atoms with Crippen LogP contribution in [0.5, 0.6) is 0 Å². The first-order chi connectivity index (χ1) is 15.4. The topological polar surface area (TPSA) is 47.9 Å². The van der Waals surface area contributed by atoms with Crippen molar-refractivity contribution in [2.24, 2.45) is 22.9 Å². The third kappa shape index (κ3) is 4.85. The molecule has 5 nitrogen and oxygen atoms in total. The van der Waals surface area contributed by atoms with Crippen molar-refractivity contribution in [1.82, 2.24) is 10.4 Å². The van der Waals surface area contributed by atoms with E-state index in [-0.39, 0.29) is 30.3 Å². The van der Waals surface area contributed by atoms with Gasteiger partial charge in [0.25, 0.3) is 5.91 Å². The molecular weight excluding hydrogens is 502 g/mol. The summed E-state index contributed by atoms with van der Waals surface area (Å²) in [5.41, 5.74) is 5.33. The minimum atomic E-state index is -0.190. The highest BCUT2D eigenvalue weighted by Gasteiger charge is 2.42. The van der Waals surface area contributed by atoms with Crippen LogP contribution in [0.15, 0.2) is 47.6 Å². The standard InChI is InChI=1S/C24H25Cl3N4O.ClH/c1-14-22(24(32)29-30-12-16-3-2-4-17(16)13-30)28-31(21-10-9-19(26)11-20(21)27)23(14)15-5-7-18(25)8-6-15;/h5-11,14,16-17,23H,2-4,12-13H2,1H3,(H,29,32);1H/t14-,16?,17?,23-;/m0./s1. The van der Waals surface area contributed by atoms with E-state index < -0.39 is 0 Å². The number of halogens is 4. The van der Waals surface area contributed by atoms with Crippen LogP contribution in [0.3, 0.4) is 0 Å². The minimum absolute atomic E-state index is 0. The van der Waals surface area contributed by atoms with E-state index >= 15 is 0 Å². The van der Waals surface area contributed by atoms with Crippen molar-refractivity contribution >= 4 is 64.5 Å². The van der Waals surface area contributed by atoms with Crippen molar-refractivity contribution < 1.29 is 4.79 Å². The Bertz CT molecular complexity index is 1050. The van der Waals surface area contributed by atoms with Crippen LogP contribution in [-0.4, -0.2) is 29.7 Å². The molecular formula is C24H26Cl4N4O. The zero-order valence-electron chi connectivity index (χ0n) is 18.2. The highest BCUT2D eigenvalue weighted by Crippen LogP contribution is 2.43. The van der Waals surface area contributed by atoms with Crippen molar-refractivity contribution in [1.29, 1.82) is 0 Å². The van der Waals surface area contributed by atoms with Crippen LogP contribution in [0.2, 0.25) is 15.1 Å². The number of rotatable bonds is 4. The lowest BCUT2D eigenvalue weighted by Gasteiger charge is -2.27. The number of hydrazine groups is 1. The van der Waals surface area contributed by atoms with Crippen LogP contribution in [0.25, 0.3) is 0 Å². The Morgan fingerprint density at radius 3 is 2.27 bits per heavy atom. The summed E-state index contributed by atoms with van der Waals surface area (Å²) in [5.74, 6) is 1.10. The number of carbonyl (C=O) groups excluding carboxylic acids is 1. The normalized spacial score (nSPS) is 26.7. The molecule has 5 rings (SSSR count). The predicted molar refractivity (Wildman–Crippen MR) is 138 cm³/mol. The van der Waals surface area contributed by atoms with Gasteiger partial charge in [-0.1, -0.05) is 60.3 Å². The van der Waals surface area contributed by atoms with Crippen molar-refractivity contribution in [2.75, 3.05) is 18.1 Å². The van der Waals surface area contributed by atoms with Gasteiger partial charge in [-0.15, -0.1) is 12.4 Å². The van der Waals surface area contributed by atoms with E-state index in [2.05, 4.69) is 10.4 Å². The number of amides is 1. The van der Waals surface area contributed by atoms with Crippen LogP contribution >= 0.6 is 47.2 Å². The highest BCUT2D eigenvalue weighted by molar-refractivity contribution is 6.41. The maximum absolute atomic E-state index is 13.3. The summed E-state index contributed by atoms with van der Waals surface area (Å²) in [6.07, 6.45) is 3.83. The molecule has 1 saturated carbocycles. The van der Waals surface area contributed by atoms with Gasteiger partial charge in [-0.25, -0.2) is 5.01 Å². The number of hydrogen-bond donors (Lipinski definition) is 1. The first-order valence-electron chi connectivity index (χ1n) is 11.0. The Hall–Kier alpha value is -1.50. The fourth-order valence-corrected chi connectivity index (χ4v) is 5.99. The Morgan fingerprint density at radius 2 is 1.64 bits per heavy atom. The van der Waals surface area contributed by atoms with Crippen molar-refractivity contribution in [2.45, 2.75) is 32.2 Å². The first-order valence-corrected chi connectivity index (χ1v) is 12.2. The van der Waals surface area contributed by atoms with E-state index in [1.165, 1.54) is 19.3 Å². The second kappa shape index (κ2) is 10.0. The highest BCUT2D eigenvalue weighted by atomic mass is 35.5. The van der Waals surface area contributed by atoms with Gasteiger partial charge in [0.1, 0.15) is 5.71 Å². The van der Waals surface area contributed by atoms with E-state index in [4.69, 9.17) is 39.9 Å². The molecule has 0 bridgehead atoms. The number of anilines is 1. The summed E-state index contributed by atoms with van der Waals surface area (Å²) in [6, 6.07) is 12.8. The molecule has 1 N–H and O–H groups in total. The van der Waals surface area contributed by atoms with E-state index in [1.807, 2.05) is 42.3 Å². The largest absolute Gasteiger partial charge is 0.284 e. The van der Waals surface area contributed by atoms with Gasteiger partial charge in [-0.2, -0.15) is 5.10 Å². The van der Waals surface area contributed by atoms with E-state index in [1.54, 1.807) is 12.1 Å². The second-order valence-corrected chi connectivity index (χ2v) is 10.3. The number of hydrazone groups is 1. The van der Waals surface area contributed by atoms with Crippen LogP contribution in [0.1, 0.15) is 37.8 Å². The molecule has 9 heteroatoms. The Balaban J connectivity index is 0.00000259. The average Bonchev–Trinajstić information content (AvgIpc) is 3.42. The van der Waals surface area contributed by atoms with Gasteiger partial charge in [-0.3, -0.25) is 15.2 Å². The number of nitrogens with one attached hydrogen (secondary N) is 1. The summed E-state index contributed by atoms with van der Waals surface area (Å²) >= 11 is 18.8. The molecule has 2 unspecified atom stereocenters. The van der Waals surface area contributed by atoms with Gasteiger partial charge in [0, 0.05) is 29.1 Å². The fraction of sp³-hybridized carbons (Fsp3) is 0.417. The quantitative estimate of drug-likeness (QED) is 0.501. The van der Waals surface area contributed by atoms with Gasteiger partial charge in [0.05, 0.1) is 16.8 Å². The lowest BCUT2D eigenvalue weighted by molar-refractivity contribution is -0.119. The SMILES string of the molecule is C[C@H]1C(C(=O)NN2CC3CCCC3C2)=NN(c2ccc(Cl)cc2Cl)[C@@H]1c1ccc(Cl)cc1.Cl. The molecule has 0 radical (unpaired) electrons. The summed E-state index contributed by atoms with van der Waals surface area (Å²) < 4.78 is 0. The number of fused-ring (bicyclic) bond motifs is 1. The molecule has 2 fully saturated rings. The predicted octanol–water partition coefficient (Wildman–Crippen LogP) is 6.39. The van der Waals surface area contributed by atoms with Crippen molar-refractivity contribution in [3.63, 3.8) is 0 Å². The molecule has 3 aliphatic rings. The number of hydrogen-bond acceptors (Lipinski definition) is 4. The molecule has 0 aromatic heterocycles. The third-order valence-electron chi connectivity index (χ3n) is 6.97. The zero-order chi connectivity index (χ0) is 22.4. The number of nitrogens with zero attached hydrogens (tertiary/aromatic N) is 3. The van der Waals surface area contributed by atoms with E-state index in [0.29, 0.717) is 38.3 Å². The van der Waals surface area contributed by atoms with Gasteiger partial charge in [0.2, 0.25) is 0 Å². The van der Waals surface area contributed by atoms with Crippen molar-refractivity contribution in [3.8, 4) is 0 Å². The van der Waals surface area contributed by atoms with Gasteiger partial charge in [-0.05, 0) is 60.6 Å². The van der Waals surface area contributed by atoms with E-state index in [0.717, 1.165) is 18.7 Å². The maximum Gasteiger partial charge on any atom is 0.282 e. The van der Waals surface area contributed by atoms with Crippen LogP contribution < -0.4 is 10.4 Å². The summed E-state index contributed by atoms with van der Waals surface area (Å²) in [4.78, 5) is 13.3. The zero-order valence-corrected chi connectivity index (χ0v) is 21.3. The van der Waals surface area contributed by atoms with Crippen LogP contribution in [-0.2, 0) is 4.79 Å². The Kier molecular flexibility index (Phi) is 7.47. The molecule has 4 atom stereocenters. The lowest BCUT2D eigenvalue weighted by Crippen LogP contribution is -2.45. The number of carbonyl (C=O) groups is 1. The summed E-state index contributed by atoms with van der Waals surface area (Å²) in [6.45, 7) is 3.87. The van der Waals surface area contributed by atoms with Crippen LogP contribution in [0, 0.1) is 17.8 Å². The molecule has 33 heavy (non-hydrogen) atoms. The Labute approximate surface area is 215 Å². The molecule has 2 aromatic carbocycles. The molecule has 2 aromatic rings. The van der Waals surface area contributed by atoms with E-state index in [9.17, 15) is 4.79 Å². The molecule has 2 heterocycles. The summed E-state index contributed by atoms with van der Waals surface area (Å²) in [5, 5.41) is 10.4. The molecule has 1 amide bonds. The average molecular weight is 528 g/mol.